The van der Waals surface area contributed by atoms with Gasteiger partial charge in [0.2, 0.25) is 5.91 Å². The molecule has 3 rings (SSSR count). The Balaban J connectivity index is 0.00000192. The highest BCUT2D eigenvalue weighted by atomic mass is 35.5. The minimum Gasteiger partial charge on any atom is -0.337 e. The maximum atomic E-state index is 12.9. The Morgan fingerprint density at radius 1 is 1.43 bits per heavy atom. The Morgan fingerprint density at radius 3 is 2.87 bits per heavy atom. The molecule has 1 amide bonds. The van der Waals surface area contributed by atoms with Crippen LogP contribution in [-0.2, 0) is 17.8 Å². The first-order valence-corrected chi connectivity index (χ1v) is 9.10. The van der Waals surface area contributed by atoms with Gasteiger partial charge in [0.25, 0.3) is 0 Å². The van der Waals surface area contributed by atoms with Crippen molar-refractivity contribution in [1.82, 2.24) is 9.80 Å². The van der Waals surface area contributed by atoms with Crippen LogP contribution in [0.3, 0.4) is 0 Å². The van der Waals surface area contributed by atoms with E-state index in [-0.39, 0.29) is 35.8 Å². The van der Waals surface area contributed by atoms with Crippen LogP contribution in [0.25, 0.3) is 0 Å². The van der Waals surface area contributed by atoms with Crippen LogP contribution >= 0.6 is 23.7 Å². The maximum Gasteiger partial charge on any atom is 0.239 e. The molecule has 2 aliphatic heterocycles. The minimum absolute atomic E-state index is 0. The fourth-order valence-electron chi connectivity index (χ4n) is 3.60. The average Bonchev–Trinajstić information content (AvgIpc) is 2.95. The second-order valence-corrected chi connectivity index (χ2v) is 8.41. The molecule has 1 aromatic heterocycles. The monoisotopic (exact) mass is 357 g/mol. The number of halogens is 1. The minimum atomic E-state index is -0.0491. The smallest absolute Gasteiger partial charge is 0.239 e. The Bertz CT molecular complexity index is 560. The van der Waals surface area contributed by atoms with Crippen molar-refractivity contribution >= 4 is 29.7 Å². The second kappa shape index (κ2) is 7.09. The first-order valence-electron chi connectivity index (χ1n) is 8.22. The molecule has 1 fully saturated rings. The summed E-state index contributed by atoms with van der Waals surface area (Å²) in [6.07, 6.45) is 1.97. The molecule has 23 heavy (non-hydrogen) atoms. The van der Waals surface area contributed by atoms with Crippen LogP contribution in [0.1, 0.15) is 37.6 Å². The lowest BCUT2D eigenvalue weighted by molar-refractivity contribution is -0.138. The third-order valence-electron chi connectivity index (χ3n) is 5.37. The van der Waals surface area contributed by atoms with Crippen molar-refractivity contribution in [2.45, 2.75) is 52.2 Å². The molecule has 0 aliphatic carbocycles. The summed E-state index contributed by atoms with van der Waals surface area (Å²) in [5.74, 6) is 0.267. The van der Waals surface area contributed by atoms with E-state index in [0.29, 0.717) is 0 Å². The Labute approximate surface area is 149 Å². The summed E-state index contributed by atoms with van der Waals surface area (Å²) in [6.45, 7) is 9.93. The molecular weight excluding hydrogens is 330 g/mol. The number of carbonyl (C=O) groups excluding carboxylic acids is 1. The predicted molar refractivity (Wildman–Crippen MR) is 98.1 cm³/mol. The Morgan fingerprint density at radius 2 is 2.17 bits per heavy atom. The van der Waals surface area contributed by atoms with Crippen LogP contribution in [0.4, 0.5) is 0 Å². The van der Waals surface area contributed by atoms with Crippen molar-refractivity contribution in [1.29, 1.82) is 0 Å². The Hall–Kier alpha value is -0.620. The standard InChI is InChI=1S/C17H27N3OS.ClH/c1-12(20-8-5-15(18)17(2,3)11-20)16(21)19-7-4-14-13(10-19)6-9-22-14;/h6,9,12,15H,4-5,7-8,10-11,18H2,1-3H3;1H. The molecule has 0 radical (unpaired) electrons. The predicted octanol–water partition coefficient (Wildman–Crippen LogP) is 2.50. The molecule has 2 N–H and O–H groups in total. The van der Waals surface area contributed by atoms with Gasteiger partial charge in [0.1, 0.15) is 0 Å². The first-order chi connectivity index (χ1) is 10.4. The van der Waals surface area contributed by atoms with E-state index in [9.17, 15) is 4.79 Å². The van der Waals surface area contributed by atoms with Crippen LogP contribution in [-0.4, -0.2) is 47.4 Å². The number of rotatable bonds is 2. The third kappa shape index (κ3) is 3.73. The Kier molecular flexibility index (Phi) is 5.77. The van der Waals surface area contributed by atoms with E-state index in [1.807, 2.05) is 16.2 Å². The molecule has 0 spiro atoms. The lowest BCUT2D eigenvalue weighted by atomic mass is 9.79. The summed E-state index contributed by atoms with van der Waals surface area (Å²) in [6, 6.07) is 2.34. The maximum absolute atomic E-state index is 12.9. The van der Waals surface area contributed by atoms with Crippen LogP contribution < -0.4 is 5.73 Å². The fourth-order valence-corrected chi connectivity index (χ4v) is 4.49. The van der Waals surface area contributed by atoms with Crippen LogP contribution in [0, 0.1) is 5.41 Å². The van der Waals surface area contributed by atoms with E-state index in [1.165, 1.54) is 10.4 Å². The number of nitrogens with zero attached hydrogens (tertiary/aromatic N) is 2. The third-order valence-corrected chi connectivity index (χ3v) is 6.39. The fraction of sp³-hybridized carbons (Fsp3) is 0.706. The van der Waals surface area contributed by atoms with E-state index in [2.05, 4.69) is 37.1 Å². The number of likely N-dealkylation sites (tertiary alicyclic amines) is 1. The molecule has 2 aliphatic rings. The van der Waals surface area contributed by atoms with Crippen molar-refractivity contribution in [2.75, 3.05) is 19.6 Å². The highest BCUT2D eigenvalue weighted by molar-refractivity contribution is 7.10. The van der Waals surface area contributed by atoms with E-state index in [1.54, 1.807) is 0 Å². The van der Waals surface area contributed by atoms with Gasteiger partial charge in [-0.1, -0.05) is 13.8 Å². The second-order valence-electron chi connectivity index (χ2n) is 7.41. The van der Waals surface area contributed by atoms with E-state index in [0.717, 1.165) is 39.0 Å². The quantitative estimate of drug-likeness (QED) is 0.884. The first kappa shape index (κ1) is 18.7. The number of amides is 1. The van der Waals surface area contributed by atoms with Gasteiger partial charge in [-0.15, -0.1) is 23.7 Å². The van der Waals surface area contributed by atoms with Crippen molar-refractivity contribution < 1.29 is 4.79 Å². The van der Waals surface area contributed by atoms with Crippen LogP contribution in [0.15, 0.2) is 11.4 Å². The van der Waals surface area contributed by atoms with Crippen molar-refractivity contribution in [2.24, 2.45) is 11.1 Å². The van der Waals surface area contributed by atoms with Gasteiger partial charge >= 0.3 is 0 Å². The van der Waals surface area contributed by atoms with Gasteiger partial charge in [0.15, 0.2) is 0 Å². The summed E-state index contributed by atoms with van der Waals surface area (Å²) in [5, 5.41) is 2.14. The number of piperidine rings is 1. The molecule has 4 nitrogen and oxygen atoms in total. The van der Waals surface area contributed by atoms with Gasteiger partial charge < -0.3 is 10.6 Å². The number of thiophene rings is 1. The molecule has 2 atom stereocenters. The zero-order valence-electron chi connectivity index (χ0n) is 14.2. The zero-order chi connectivity index (χ0) is 15.9. The van der Waals surface area contributed by atoms with Gasteiger partial charge in [-0.3, -0.25) is 9.69 Å². The number of nitrogens with two attached hydrogens (primary N) is 1. The topological polar surface area (TPSA) is 49.6 Å². The molecular formula is C17H28ClN3OS. The zero-order valence-corrected chi connectivity index (χ0v) is 15.9. The highest BCUT2D eigenvalue weighted by Gasteiger charge is 2.38. The summed E-state index contributed by atoms with van der Waals surface area (Å²) >= 11 is 1.81. The summed E-state index contributed by atoms with van der Waals surface area (Å²) in [4.78, 5) is 18.7. The number of hydrogen-bond donors (Lipinski definition) is 1. The van der Waals surface area contributed by atoms with E-state index in [4.69, 9.17) is 5.73 Å². The number of carbonyl (C=O) groups is 1. The molecule has 6 heteroatoms. The van der Waals surface area contributed by atoms with Crippen LogP contribution in [0.2, 0.25) is 0 Å². The molecule has 1 saturated heterocycles. The average molecular weight is 358 g/mol. The molecule has 1 aromatic rings. The molecule has 0 aromatic carbocycles. The normalized spacial score (nSPS) is 25.4. The molecule has 0 saturated carbocycles. The van der Waals surface area contributed by atoms with E-state index >= 15 is 0 Å². The molecule has 0 bridgehead atoms. The lowest BCUT2D eigenvalue weighted by Crippen LogP contribution is -2.58. The van der Waals surface area contributed by atoms with Crippen molar-refractivity contribution in [3.63, 3.8) is 0 Å². The van der Waals surface area contributed by atoms with Crippen molar-refractivity contribution in [3.8, 4) is 0 Å². The molecule has 2 unspecified atom stereocenters. The van der Waals surface area contributed by atoms with Crippen molar-refractivity contribution in [3.05, 3.63) is 21.9 Å². The SMILES string of the molecule is CC(C(=O)N1CCc2sccc2C1)N1CCC(N)C(C)(C)C1.Cl. The van der Waals surface area contributed by atoms with Gasteiger partial charge in [-0.05, 0) is 42.2 Å². The highest BCUT2D eigenvalue weighted by Crippen LogP contribution is 2.30. The van der Waals surface area contributed by atoms with Gasteiger partial charge in [0, 0.05) is 37.1 Å². The summed E-state index contributed by atoms with van der Waals surface area (Å²) in [7, 11) is 0. The van der Waals surface area contributed by atoms with Gasteiger partial charge in [-0.2, -0.15) is 0 Å². The molecule has 3 heterocycles. The molecule has 130 valence electrons. The van der Waals surface area contributed by atoms with Gasteiger partial charge in [0.05, 0.1) is 6.04 Å². The largest absolute Gasteiger partial charge is 0.337 e. The summed E-state index contributed by atoms with van der Waals surface area (Å²) < 4.78 is 0. The lowest BCUT2D eigenvalue weighted by Gasteiger charge is -2.45. The summed E-state index contributed by atoms with van der Waals surface area (Å²) in [5.41, 5.74) is 7.62. The van der Waals surface area contributed by atoms with E-state index < -0.39 is 0 Å². The van der Waals surface area contributed by atoms with Gasteiger partial charge in [-0.25, -0.2) is 0 Å². The number of fused-ring (bicyclic) bond motifs is 1. The number of hydrogen-bond acceptors (Lipinski definition) is 4. The van der Waals surface area contributed by atoms with Crippen LogP contribution in [0.5, 0.6) is 0 Å².